The van der Waals surface area contributed by atoms with Crippen LogP contribution in [0.25, 0.3) is 0 Å². The maximum Gasteiger partial charge on any atom is 0.175 e. The van der Waals surface area contributed by atoms with E-state index in [1.54, 1.807) is 0 Å². The molecule has 0 N–H and O–H groups in total. The molecule has 2 nitrogen and oxygen atoms in total. The van der Waals surface area contributed by atoms with E-state index in [0.29, 0.717) is 0 Å². The number of rotatable bonds is 4. The van der Waals surface area contributed by atoms with Gasteiger partial charge in [-0.15, -0.1) is 0 Å². The Morgan fingerprint density at radius 2 is 0.587 bits per heavy atom. The predicted octanol–water partition coefficient (Wildman–Crippen LogP) is 10.6. The van der Waals surface area contributed by atoms with Crippen molar-refractivity contribution in [3.05, 3.63) is 228 Å². The van der Waals surface area contributed by atoms with E-state index in [1.807, 2.05) is 0 Å². The van der Waals surface area contributed by atoms with Gasteiger partial charge in [-0.25, -0.2) is 0 Å². The first kappa shape index (κ1) is 26.5. The fraction of sp³-hybridized carbons (Fsp3) is 0.0455. The van der Waals surface area contributed by atoms with Crippen LogP contribution in [-0.2, 0) is 11.1 Å². The second kappa shape index (κ2) is 10.4. The second-order valence-electron chi connectivity index (χ2n) is 12.1. The molecule has 1 aliphatic heterocycles. The van der Waals surface area contributed by atoms with Crippen LogP contribution in [-0.4, -0.2) is 0 Å². The van der Waals surface area contributed by atoms with Gasteiger partial charge in [0.1, 0.15) is 0 Å². The van der Waals surface area contributed by atoms with Gasteiger partial charge in [-0.3, -0.25) is 0 Å². The zero-order valence-corrected chi connectivity index (χ0v) is 25.4. The third-order valence-electron chi connectivity index (χ3n) is 9.87. The average molecular weight is 589 g/mol. The van der Waals surface area contributed by atoms with Crippen molar-refractivity contribution >= 4 is 22.7 Å². The monoisotopic (exact) mass is 588 g/mol. The van der Waals surface area contributed by atoms with Gasteiger partial charge in [0.05, 0.1) is 16.8 Å². The van der Waals surface area contributed by atoms with Crippen molar-refractivity contribution in [2.24, 2.45) is 0 Å². The largest absolute Gasteiger partial charge is 0.308 e. The third-order valence-corrected chi connectivity index (χ3v) is 9.87. The molecule has 0 aromatic heterocycles. The van der Waals surface area contributed by atoms with E-state index in [2.05, 4.69) is 204 Å². The summed E-state index contributed by atoms with van der Waals surface area (Å²) in [5.41, 5.74) is 10.9. The standard InChI is InChI=1S/C44H32N2/c1-5-19-33(20-6-1)43(34-21-7-2-8-22-34)37-27-13-15-29-39(37)44(40-30-16-14-28-38(40)43)45(35-23-9-3-10-24-35)41-31-17-18-32-42(41)46(44)36-25-11-4-12-26-36/h1-32H. The number of para-hydroxylation sites is 4. The van der Waals surface area contributed by atoms with Gasteiger partial charge in [0, 0.05) is 22.5 Å². The molecule has 218 valence electrons. The van der Waals surface area contributed by atoms with Crippen molar-refractivity contribution in [1.29, 1.82) is 0 Å². The van der Waals surface area contributed by atoms with Crippen molar-refractivity contribution in [3.63, 3.8) is 0 Å². The molecule has 2 aliphatic rings. The highest BCUT2D eigenvalue weighted by Gasteiger charge is 2.61. The Bertz CT molecular complexity index is 2000. The number of hydrogen-bond acceptors (Lipinski definition) is 2. The molecule has 0 amide bonds. The number of benzene rings is 7. The van der Waals surface area contributed by atoms with Crippen LogP contribution in [0.2, 0.25) is 0 Å². The summed E-state index contributed by atoms with van der Waals surface area (Å²) in [5.74, 6) is 0. The van der Waals surface area contributed by atoms with E-state index in [9.17, 15) is 0 Å². The summed E-state index contributed by atoms with van der Waals surface area (Å²) in [7, 11) is 0. The third kappa shape index (κ3) is 3.47. The SMILES string of the molecule is c1ccc(N2c3ccccc3N(c3ccccc3)C23c2ccccc2C(c2ccccc2)(c2ccccc2)c2ccccc23)cc1. The first-order valence-corrected chi connectivity index (χ1v) is 16.0. The summed E-state index contributed by atoms with van der Waals surface area (Å²) in [6.45, 7) is 0. The lowest BCUT2D eigenvalue weighted by Gasteiger charge is -2.55. The van der Waals surface area contributed by atoms with Crippen LogP contribution in [0.15, 0.2) is 194 Å². The van der Waals surface area contributed by atoms with Gasteiger partial charge in [0.15, 0.2) is 5.66 Å². The highest BCUT2D eigenvalue weighted by Crippen LogP contribution is 2.65. The molecule has 0 saturated carbocycles. The summed E-state index contributed by atoms with van der Waals surface area (Å²) < 4.78 is 0. The molecule has 0 fully saturated rings. The minimum Gasteiger partial charge on any atom is -0.308 e. The lowest BCUT2D eigenvalue weighted by molar-refractivity contribution is 0.506. The Balaban J connectivity index is 1.50. The average Bonchev–Trinajstić information content (AvgIpc) is 3.45. The topological polar surface area (TPSA) is 6.48 Å². The molecule has 7 aromatic rings. The van der Waals surface area contributed by atoms with E-state index < -0.39 is 11.1 Å². The van der Waals surface area contributed by atoms with Gasteiger partial charge in [-0.1, -0.05) is 158 Å². The van der Waals surface area contributed by atoms with Crippen LogP contribution in [0.1, 0.15) is 33.4 Å². The lowest BCUT2D eigenvalue weighted by Crippen LogP contribution is -2.57. The molecule has 1 spiro atoms. The van der Waals surface area contributed by atoms with Crippen LogP contribution in [0, 0.1) is 0 Å². The lowest BCUT2D eigenvalue weighted by atomic mass is 9.57. The first-order chi connectivity index (χ1) is 22.9. The Labute approximate surface area is 270 Å². The van der Waals surface area contributed by atoms with Crippen molar-refractivity contribution in [2.75, 3.05) is 9.80 Å². The van der Waals surface area contributed by atoms with Gasteiger partial charge in [-0.05, 0) is 58.7 Å². The minimum atomic E-state index is -0.730. The summed E-state index contributed by atoms with van der Waals surface area (Å²) in [6, 6.07) is 71.1. The number of nitrogens with zero attached hydrogens (tertiary/aromatic N) is 2. The maximum absolute atomic E-state index is 2.58. The first-order valence-electron chi connectivity index (χ1n) is 16.0. The van der Waals surface area contributed by atoms with Crippen LogP contribution >= 0.6 is 0 Å². The zero-order valence-electron chi connectivity index (χ0n) is 25.4. The molecule has 9 rings (SSSR count). The van der Waals surface area contributed by atoms with Gasteiger partial charge in [0.25, 0.3) is 0 Å². The molecular formula is C44H32N2. The molecule has 1 aliphatic carbocycles. The predicted molar refractivity (Wildman–Crippen MR) is 189 cm³/mol. The van der Waals surface area contributed by atoms with E-state index in [0.717, 1.165) is 11.4 Å². The molecule has 0 radical (unpaired) electrons. The van der Waals surface area contributed by atoms with Crippen LogP contribution < -0.4 is 9.80 Å². The zero-order chi connectivity index (χ0) is 30.6. The van der Waals surface area contributed by atoms with Crippen LogP contribution in [0.4, 0.5) is 22.7 Å². The quantitative estimate of drug-likeness (QED) is 0.202. The normalized spacial score (nSPS) is 15.2. The van der Waals surface area contributed by atoms with Gasteiger partial charge >= 0.3 is 0 Å². The van der Waals surface area contributed by atoms with E-state index in [4.69, 9.17) is 0 Å². The molecule has 7 aromatic carbocycles. The van der Waals surface area contributed by atoms with E-state index >= 15 is 0 Å². The molecule has 1 heterocycles. The Hall–Kier alpha value is -5.86. The Morgan fingerprint density at radius 3 is 0.978 bits per heavy atom. The summed E-state index contributed by atoms with van der Waals surface area (Å²) in [4.78, 5) is 5.15. The highest BCUT2D eigenvalue weighted by atomic mass is 15.5. The van der Waals surface area contributed by atoms with Gasteiger partial charge in [0.2, 0.25) is 0 Å². The van der Waals surface area contributed by atoms with Crippen molar-refractivity contribution in [1.82, 2.24) is 0 Å². The highest BCUT2D eigenvalue weighted by molar-refractivity contribution is 5.94. The summed E-state index contributed by atoms with van der Waals surface area (Å²) in [5, 5.41) is 0. The maximum atomic E-state index is 2.58. The fourth-order valence-corrected chi connectivity index (χ4v) is 8.26. The van der Waals surface area contributed by atoms with Crippen molar-refractivity contribution in [3.8, 4) is 0 Å². The Kier molecular flexibility index (Phi) is 5.97. The smallest absolute Gasteiger partial charge is 0.175 e. The van der Waals surface area contributed by atoms with Crippen molar-refractivity contribution < 1.29 is 0 Å². The number of hydrogen-bond donors (Lipinski definition) is 0. The number of anilines is 4. The number of fused-ring (bicyclic) bond motifs is 5. The molecule has 46 heavy (non-hydrogen) atoms. The van der Waals surface area contributed by atoms with Crippen LogP contribution in [0.3, 0.4) is 0 Å². The summed E-state index contributed by atoms with van der Waals surface area (Å²) >= 11 is 0. The Morgan fingerprint density at radius 1 is 0.283 bits per heavy atom. The fourth-order valence-electron chi connectivity index (χ4n) is 8.26. The second-order valence-corrected chi connectivity index (χ2v) is 12.1. The van der Waals surface area contributed by atoms with Gasteiger partial charge in [-0.2, -0.15) is 0 Å². The molecular weight excluding hydrogens is 556 g/mol. The summed E-state index contributed by atoms with van der Waals surface area (Å²) in [6.07, 6.45) is 0. The molecule has 0 bridgehead atoms. The van der Waals surface area contributed by atoms with Gasteiger partial charge < -0.3 is 9.80 Å². The molecule has 0 saturated heterocycles. The van der Waals surface area contributed by atoms with Crippen LogP contribution in [0.5, 0.6) is 0 Å². The molecule has 0 unspecified atom stereocenters. The van der Waals surface area contributed by atoms with Crippen molar-refractivity contribution in [2.45, 2.75) is 11.1 Å². The minimum absolute atomic E-state index is 0.541. The molecule has 2 heteroatoms. The van der Waals surface area contributed by atoms with E-state index in [1.165, 1.54) is 44.8 Å². The molecule has 0 atom stereocenters. The van der Waals surface area contributed by atoms with E-state index in [-0.39, 0.29) is 0 Å².